The lowest BCUT2D eigenvalue weighted by atomic mass is 9.97. The molecule has 0 saturated carbocycles. The Morgan fingerprint density at radius 3 is 2.78 bits per heavy atom. The summed E-state index contributed by atoms with van der Waals surface area (Å²) in [6.07, 6.45) is 1.77. The second-order valence-electron chi connectivity index (χ2n) is 4.43. The maximum absolute atomic E-state index is 6.10. The highest BCUT2D eigenvalue weighted by atomic mass is 35.5. The van der Waals surface area contributed by atoms with Crippen LogP contribution in [-0.2, 0) is 0 Å². The summed E-state index contributed by atoms with van der Waals surface area (Å²) >= 11 is 7.91. The number of anilines is 1. The van der Waals surface area contributed by atoms with Crippen molar-refractivity contribution < 1.29 is 0 Å². The van der Waals surface area contributed by atoms with Gasteiger partial charge in [0, 0.05) is 26.0 Å². The molecule has 2 heterocycles. The van der Waals surface area contributed by atoms with Crippen LogP contribution in [0.2, 0.25) is 5.02 Å². The molecule has 2 aromatic rings. The predicted molar refractivity (Wildman–Crippen MR) is 79.2 cm³/mol. The van der Waals surface area contributed by atoms with Crippen LogP contribution in [0.1, 0.15) is 26.9 Å². The van der Waals surface area contributed by atoms with Gasteiger partial charge in [0.15, 0.2) is 0 Å². The summed E-state index contributed by atoms with van der Waals surface area (Å²) in [6, 6.07) is 8.18. The Kier molecular flexibility index (Phi) is 2.88. The largest absolute Gasteiger partial charge is 0.346 e. The van der Waals surface area contributed by atoms with Gasteiger partial charge in [-0.25, -0.2) is 0 Å². The minimum absolute atomic E-state index is 0.0601. The molecule has 1 atom stereocenters. The fraction of sp³-hybridized carbons (Fsp3) is 0.214. The normalized spacial score (nSPS) is 17.4. The molecule has 1 aromatic heterocycles. The van der Waals surface area contributed by atoms with Crippen molar-refractivity contribution >= 4 is 35.0 Å². The summed E-state index contributed by atoms with van der Waals surface area (Å²) in [6.45, 7) is 4.28. The van der Waals surface area contributed by atoms with E-state index in [1.165, 1.54) is 15.3 Å². The average Bonchev–Trinajstić information content (AvgIpc) is 2.67. The summed E-state index contributed by atoms with van der Waals surface area (Å²) in [5, 5.41) is 3.92. The zero-order valence-corrected chi connectivity index (χ0v) is 11.8. The summed E-state index contributed by atoms with van der Waals surface area (Å²) < 4.78 is 0. The lowest BCUT2D eigenvalue weighted by Gasteiger charge is -2.21. The Labute approximate surface area is 115 Å². The molecule has 3 rings (SSSR count). The van der Waals surface area contributed by atoms with Crippen LogP contribution in [0.3, 0.4) is 0 Å². The number of aryl methyl sites for hydroxylation is 2. The first-order valence-electron chi connectivity index (χ1n) is 5.80. The molecule has 1 N–H and O–H groups in total. The first-order valence-corrected chi connectivity index (χ1v) is 6.99. The molecule has 1 aromatic carbocycles. The van der Waals surface area contributed by atoms with Gasteiger partial charge < -0.3 is 5.32 Å². The highest BCUT2D eigenvalue weighted by molar-refractivity contribution is 7.12. The van der Waals surface area contributed by atoms with E-state index < -0.39 is 0 Å². The molecular formula is C14H13ClN2S. The highest BCUT2D eigenvalue weighted by Gasteiger charge is 2.22. The van der Waals surface area contributed by atoms with Crippen molar-refractivity contribution in [2.24, 2.45) is 4.99 Å². The molecule has 1 unspecified atom stereocenters. The van der Waals surface area contributed by atoms with Crippen LogP contribution in [-0.4, -0.2) is 6.34 Å². The summed E-state index contributed by atoms with van der Waals surface area (Å²) in [7, 11) is 0. The first kappa shape index (κ1) is 11.8. The third kappa shape index (κ3) is 1.93. The molecular weight excluding hydrogens is 264 g/mol. The highest BCUT2D eigenvalue weighted by Crippen LogP contribution is 2.38. The van der Waals surface area contributed by atoms with Gasteiger partial charge in [-0.1, -0.05) is 11.6 Å². The number of aliphatic imine (C=N–C) groups is 1. The van der Waals surface area contributed by atoms with Gasteiger partial charge in [-0.3, -0.25) is 4.99 Å². The van der Waals surface area contributed by atoms with Gasteiger partial charge >= 0.3 is 0 Å². The summed E-state index contributed by atoms with van der Waals surface area (Å²) in [5.74, 6) is 0. The van der Waals surface area contributed by atoms with Crippen molar-refractivity contribution in [3.63, 3.8) is 0 Å². The molecule has 92 valence electrons. The van der Waals surface area contributed by atoms with E-state index in [1.807, 2.05) is 29.5 Å². The van der Waals surface area contributed by atoms with E-state index >= 15 is 0 Å². The monoisotopic (exact) mass is 276 g/mol. The van der Waals surface area contributed by atoms with Crippen LogP contribution in [0.4, 0.5) is 5.69 Å². The molecule has 1 aliphatic rings. The van der Waals surface area contributed by atoms with Gasteiger partial charge in [0.25, 0.3) is 0 Å². The van der Waals surface area contributed by atoms with Crippen LogP contribution < -0.4 is 5.32 Å². The molecule has 0 aliphatic carbocycles. The van der Waals surface area contributed by atoms with Crippen molar-refractivity contribution in [3.8, 4) is 0 Å². The maximum Gasteiger partial charge on any atom is 0.105 e. The number of hydrogen-bond acceptors (Lipinski definition) is 3. The Hall–Kier alpha value is -1.32. The van der Waals surface area contributed by atoms with Crippen LogP contribution >= 0.6 is 22.9 Å². The van der Waals surface area contributed by atoms with Gasteiger partial charge in [0.2, 0.25) is 0 Å². The van der Waals surface area contributed by atoms with E-state index in [0.717, 1.165) is 16.3 Å². The third-order valence-corrected chi connectivity index (χ3v) is 4.34. The number of nitrogens with zero attached hydrogens (tertiary/aromatic N) is 1. The van der Waals surface area contributed by atoms with Crippen LogP contribution in [0.5, 0.6) is 0 Å². The standard InChI is InChI=1S/C14H13ClN2S/c1-8-5-11(9(2)18-8)14-12-6-10(15)3-4-13(12)16-7-17-14/h3-7,14H,1-2H3,(H,16,17). The minimum atomic E-state index is 0.0601. The quantitative estimate of drug-likeness (QED) is 0.811. The van der Waals surface area contributed by atoms with E-state index in [1.54, 1.807) is 6.34 Å². The Morgan fingerprint density at radius 2 is 2.06 bits per heavy atom. The Morgan fingerprint density at radius 1 is 1.22 bits per heavy atom. The fourth-order valence-corrected chi connectivity index (χ4v) is 3.46. The molecule has 0 saturated heterocycles. The third-order valence-electron chi connectivity index (χ3n) is 3.13. The van der Waals surface area contributed by atoms with Crippen molar-refractivity contribution in [1.29, 1.82) is 0 Å². The Balaban J connectivity index is 2.14. The van der Waals surface area contributed by atoms with E-state index in [2.05, 4.69) is 30.2 Å². The van der Waals surface area contributed by atoms with E-state index in [0.29, 0.717) is 0 Å². The Bertz CT molecular complexity index is 631. The zero-order valence-electron chi connectivity index (χ0n) is 10.2. The van der Waals surface area contributed by atoms with Gasteiger partial charge in [0.1, 0.15) is 6.04 Å². The molecule has 0 radical (unpaired) electrons. The van der Waals surface area contributed by atoms with Crippen molar-refractivity contribution in [1.82, 2.24) is 0 Å². The lowest BCUT2D eigenvalue weighted by molar-refractivity contribution is 0.867. The molecule has 1 aliphatic heterocycles. The summed E-state index contributed by atoms with van der Waals surface area (Å²) in [5.41, 5.74) is 3.51. The number of halogens is 1. The first-order chi connectivity index (χ1) is 8.65. The van der Waals surface area contributed by atoms with E-state index in [9.17, 15) is 0 Å². The second kappa shape index (κ2) is 4.41. The van der Waals surface area contributed by atoms with Gasteiger partial charge in [0.05, 0.1) is 6.34 Å². The van der Waals surface area contributed by atoms with Crippen molar-refractivity contribution in [2.75, 3.05) is 5.32 Å². The van der Waals surface area contributed by atoms with Crippen molar-refractivity contribution in [2.45, 2.75) is 19.9 Å². The number of hydrogen-bond donors (Lipinski definition) is 1. The maximum atomic E-state index is 6.10. The van der Waals surface area contributed by atoms with E-state index in [4.69, 9.17) is 11.6 Å². The number of nitrogens with one attached hydrogen (secondary N) is 1. The van der Waals surface area contributed by atoms with Gasteiger partial charge in [-0.15, -0.1) is 11.3 Å². The number of fused-ring (bicyclic) bond motifs is 1. The molecule has 0 fully saturated rings. The number of thiophene rings is 1. The minimum Gasteiger partial charge on any atom is -0.346 e. The molecule has 4 heteroatoms. The fourth-order valence-electron chi connectivity index (χ4n) is 2.32. The molecule has 18 heavy (non-hydrogen) atoms. The average molecular weight is 277 g/mol. The topological polar surface area (TPSA) is 24.4 Å². The second-order valence-corrected chi connectivity index (χ2v) is 6.32. The molecule has 0 amide bonds. The lowest BCUT2D eigenvalue weighted by Crippen LogP contribution is -2.11. The molecule has 2 nitrogen and oxygen atoms in total. The SMILES string of the molecule is Cc1cc(C2N=CNc3ccc(Cl)cc32)c(C)s1. The van der Waals surface area contributed by atoms with Crippen molar-refractivity contribution in [3.05, 3.63) is 50.2 Å². The number of benzene rings is 1. The van der Waals surface area contributed by atoms with Crippen LogP contribution in [0.15, 0.2) is 29.3 Å². The number of rotatable bonds is 1. The molecule has 0 spiro atoms. The van der Waals surface area contributed by atoms with Gasteiger partial charge in [-0.05, 0) is 43.7 Å². The summed E-state index contributed by atoms with van der Waals surface area (Å²) in [4.78, 5) is 7.21. The van der Waals surface area contributed by atoms with Gasteiger partial charge in [-0.2, -0.15) is 0 Å². The van der Waals surface area contributed by atoms with Crippen LogP contribution in [0.25, 0.3) is 0 Å². The smallest absolute Gasteiger partial charge is 0.105 e. The zero-order chi connectivity index (χ0) is 12.7. The van der Waals surface area contributed by atoms with Crippen LogP contribution in [0, 0.1) is 13.8 Å². The molecule has 0 bridgehead atoms. The predicted octanol–water partition coefficient (Wildman–Crippen LogP) is 4.56. The van der Waals surface area contributed by atoms with E-state index in [-0.39, 0.29) is 6.04 Å².